The van der Waals surface area contributed by atoms with Gasteiger partial charge in [0.1, 0.15) is 0 Å². The fourth-order valence-corrected chi connectivity index (χ4v) is 10.7. The molecule has 0 aliphatic rings. The van der Waals surface area contributed by atoms with Crippen LogP contribution in [0.2, 0.25) is 0 Å². The Kier molecular flexibility index (Phi) is 5.34. The first kappa shape index (κ1) is 16.4. The van der Waals surface area contributed by atoms with Crippen molar-refractivity contribution >= 4 is 14.1 Å². The molecule has 0 fully saturated rings. The molecule has 0 aliphatic carbocycles. The van der Waals surface area contributed by atoms with Gasteiger partial charge < -0.3 is 0 Å². The predicted molar refractivity (Wildman–Crippen MR) is 100.0 cm³/mol. The highest BCUT2D eigenvalue weighted by Gasteiger charge is 2.22. The van der Waals surface area contributed by atoms with E-state index in [-0.39, 0.29) is 0 Å². The minimum atomic E-state index is -1.25. The highest BCUT2D eigenvalue weighted by molar-refractivity contribution is 7.71. The van der Waals surface area contributed by atoms with E-state index in [1.807, 2.05) is 0 Å². The molecular weight excluding hydrogens is 292 g/mol. The summed E-state index contributed by atoms with van der Waals surface area (Å²) < 4.78 is 5.35. The van der Waals surface area contributed by atoms with Crippen molar-refractivity contribution in [3.8, 4) is 0 Å². The van der Waals surface area contributed by atoms with Crippen LogP contribution in [-0.4, -0.2) is 26.7 Å². The summed E-state index contributed by atoms with van der Waals surface area (Å²) >= 11 is 0. The summed E-state index contributed by atoms with van der Waals surface area (Å²) in [5.41, 5.74) is 2.83. The van der Waals surface area contributed by atoms with Gasteiger partial charge in [0.05, 0.1) is 12.3 Å². The van der Waals surface area contributed by atoms with E-state index in [2.05, 4.69) is 87.3 Å². The molecule has 2 rings (SSSR count). The molecule has 0 N–H and O–H groups in total. The van der Waals surface area contributed by atoms with Crippen LogP contribution in [-0.2, 0) is 12.3 Å². The van der Waals surface area contributed by atoms with Gasteiger partial charge in [-0.05, 0) is 11.1 Å². The summed E-state index contributed by atoms with van der Waals surface area (Å²) in [6.07, 6.45) is 2.23. The second-order valence-electron chi connectivity index (χ2n) is 6.62. The Labute approximate surface area is 129 Å². The Hall–Kier alpha value is -0.990. The van der Waals surface area contributed by atoms with E-state index in [1.165, 1.54) is 11.1 Å². The van der Waals surface area contributed by atoms with Crippen molar-refractivity contribution < 1.29 is 0 Å². The lowest BCUT2D eigenvalue weighted by Gasteiger charge is -2.07. The van der Waals surface area contributed by atoms with E-state index in [0.717, 1.165) is 12.3 Å². The van der Waals surface area contributed by atoms with Crippen LogP contribution >= 0.6 is 14.1 Å². The lowest BCUT2D eigenvalue weighted by atomic mass is 10.2. The van der Waals surface area contributed by atoms with Gasteiger partial charge in [-0.15, -0.1) is 0 Å². The van der Waals surface area contributed by atoms with Crippen LogP contribution in [0.4, 0.5) is 0 Å². The lowest BCUT2D eigenvalue weighted by molar-refractivity contribution is 1.35. The van der Waals surface area contributed by atoms with Gasteiger partial charge >= 0.3 is 0 Å². The summed E-state index contributed by atoms with van der Waals surface area (Å²) in [7, 11) is -2.50. The summed E-state index contributed by atoms with van der Waals surface area (Å²) in [4.78, 5) is 0. The predicted octanol–water partition coefficient (Wildman–Crippen LogP) is 5.38. The first-order chi connectivity index (χ1) is 9.86. The first-order valence-corrected chi connectivity index (χ1v) is 13.0. The zero-order chi connectivity index (χ0) is 15.3. The van der Waals surface area contributed by atoms with Crippen molar-refractivity contribution in [3.63, 3.8) is 0 Å². The Morgan fingerprint density at radius 2 is 0.952 bits per heavy atom. The third-order valence-corrected chi connectivity index (χ3v) is 9.46. The fourth-order valence-electron chi connectivity index (χ4n) is 2.78. The Balaban J connectivity index is 2.32. The number of hydrogen-bond donors (Lipinski definition) is 0. The van der Waals surface area contributed by atoms with E-state index < -0.39 is 14.1 Å². The van der Waals surface area contributed by atoms with Crippen LogP contribution in [0.15, 0.2) is 60.7 Å². The molecule has 0 aliphatic heterocycles. The monoisotopic (exact) mass is 318 g/mol. The summed E-state index contributed by atoms with van der Waals surface area (Å²) in [5, 5.41) is 0. The van der Waals surface area contributed by atoms with E-state index in [4.69, 9.17) is 4.17 Å². The summed E-state index contributed by atoms with van der Waals surface area (Å²) in [6, 6.07) is 21.6. The van der Waals surface area contributed by atoms with Gasteiger partial charge in [-0.1, -0.05) is 60.7 Å². The van der Waals surface area contributed by atoms with Crippen LogP contribution in [0.25, 0.3) is 0 Å². The average Bonchev–Trinajstić information content (AvgIpc) is 2.38. The topological polar surface area (TPSA) is 14.1 Å². The molecule has 0 saturated heterocycles. The maximum Gasteiger partial charge on any atom is 0.214 e. The van der Waals surface area contributed by atoms with Crippen LogP contribution in [0.5, 0.6) is 0 Å². The molecule has 0 spiro atoms. The van der Waals surface area contributed by atoms with Gasteiger partial charge in [0, 0.05) is 26.7 Å². The molecule has 0 bridgehead atoms. The van der Waals surface area contributed by atoms with Gasteiger partial charge in [0.15, 0.2) is 0 Å². The molecule has 0 unspecified atom stereocenters. The second-order valence-corrected chi connectivity index (χ2v) is 14.5. The van der Waals surface area contributed by atoms with E-state index in [1.54, 1.807) is 0 Å². The Bertz CT molecular complexity index is 627. The number of rotatable bonds is 4. The fraction of sp³-hybridized carbons (Fsp3) is 0.333. The van der Waals surface area contributed by atoms with Gasteiger partial charge in [0.2, 0.25) is 14.1 Å². The lowest BCUT2D eigenvalue weighted by Crippen LogP contribution is -1.92. The SMILES string of the molecule is CP(C)(Cc1ccccc1)=[N+]=P(C)(C)Cc1ccccc1. The Morgan fingerprint density at radius 1 is 0.619 bits per heavy atom. The van der Waals surface area contributed by atoms with Crippen molar-refractivity contribution in [2.75, 3.05) is 26.7 Å². The highest BCUT2D eigenvalue weighted by atomic mass is 31.2. The molecule has 0 radical (unpaired) electrons. The highest BCUT2D eigenvalue weighted by Crippen LogP contribution is 2.48. The Morgan fingerprint density at radius 3 is 1.29 bits per heavy atom. The van der Waals surface area contributed by atoms with Crippen LogP contribution in [0.3, 0.4) is 0 Å². The minimum Gasteiger partial charge on any atom is -0.177 e. The molecule has 2 aromatic rings. The molecule has 2 aromatic carbocycles. The number of hydrogen-bond acceptors (Lipinski definition) is 0. The average molecular weight is 318 g/mol. The first-order valence-electron chi connectivity index (χ1n) is 7.35. The normalized spacial score (nSPS) is 12.0. The quantitative estimate of drug-likeness (QED) is 0.531. The van der Waals surface area contributed by atoms with Crippen LogP contribution in [0.1, 0.15) is 11.1 Å². The molecule has 0 amide bonds. The number of nitrogens with zero attached hydrogens (tertiary/aromatic N) is 1. The van der Waals surface area contributed by atoms with Gasteiger partial charge in [-0.3, -0.25) is 0 Å². The minimum absolute atomic E-state index is 1.12. The van der Waals surface area contributed by atoms with E-state index >= 15 is 0 Å². The molecule has 0 saturated carbocycles. The smallest absolute Gasteiger partial charge is 0.177 e. The molecule has 1 nitrogen and oxygen atoms in total. The molecule has 0 atom stereocenters. The van der Waals surface area contributed by atoms with Crippen molar-refractivity contribution in [2.45, 2.75) is 12.3 Å². The number of benzene rings is 2. The van der Waals surface area contributed by atoms with E-state index in [9.17, 15) is 0 Å². The van der Waals surface area contributed by atoms with Crippen molar-refractivity contribution in [1.29, 1.82) is 0 Å². The molecule has 0 aromatic heterocycles. The maximum absolute atomic E-state index is 5.35. The van der Waals surface area contributed by atoms with Gasteiger partial charge in [-0.2, -0.15) is 4.17 Å². The van der Waals surface area contributed by atoms with Gasteiger partial charge in [0.25, 0.3) is 0 Å². The largest absolute Gasteiger partial charge is 0.214 e. The zero-order valence-electron chi connectivity index (χ0n) is 13.5. The van der Waals surface area contributed by atoms with E-state index in [0.29, 0.717) is 0 Å². The summed E-state index contributed by atoms with van der Waals surface area (Å²) in [5.74, 6) is 0. The van der Waals surface area contributed by atoms with Crippen molar-refractivity contribution in [2.24, 2.45) is 0 Å². The molecular formula is C18H26NP2+. The van der Waals surface area contributed by atoms with Crippen LogP contribution < -0.4 is 4.17 Å². The summed E-state index contributed by atoms with van der Waals surface area (Å²) in [6.45, 7) is 9.47. The zero-order valence-corrected chi connectivity index (χ0v) is 15.3. The van der Waals surface area contributed by atoms with Gasteiger partial charge in [-0.25, -0.2) is 0 Å². The maximum atomic E-state index is 5.35. The molecule has 21 heavy (non-hydrogen) atoms. The third-order valence-electron chi connectivity index (χ3n) is 3.31. The molecule has 112 valence electrons. The third kappa shape index (κ3) is 5.72. The van der Waals surface area contributed by atoms with Crippen LogP contribution in [0, 0.1) is 0 Å². The van der Waals surface area contributed by atoms with Crippen molar-refractivity contribution in [3.05, 3.63) is 71.8 Å². The standard InChI is InChI=1S/C18H26NP2/c1-20(2,15-17-11-7-5-8-12-17)19-21(3,4)16-18-13-9-6-10-14-18/h5-14H,15-16H2,1-4H3/q+1. The van der Waals surface area contributed by atoms with Crippen molar-refractivity contribution in [1.82, 2.24) is 4.17 Å². The molecule has 3 heteroatoms. The second kappa shape index (κ2) is 6.85. The molecule has 0 heterocycles.